The lowest BCUT2D eigenvalue weighted by Crippen LogP contribution is -2.11. The molecule has 2 aromatic heterocycles. The maximum Gasteiger partial charge on any atom is 0.138 e. The van der Waals surface area contributed by atoms with Crippen LogP contribution in [0.25, 0.3) is 10.2 Å². The van der Waals surface area contributed by atoms with Gasteiger partial charge in [0.25, 0.3) is 0 Å². The molecule has 0 unspecified atom stereocenters. The van der Waals surface area contributed by atoms with Gasteiger partial charge in [-0.15, -0.1) is 17.9 Å². The summed E-state index contributed by atoms with van der Waals surface area (Å²) in [5.41, 5.74) is 0. The van der Waals surface area contributed by atoms with Crippen molar-refractivity contribution in [3.63, 3.8) is 0 Å². The van der Waals surface area contributed by atoms with E-state index in [1.54, 1.807) is 17.7 Å². The minimum absolute atomic E-state index is 0.670. The SMILES string of the molecule is C=CCCOCCNc1ncnc2sccc12. The summed E-state index contributed by atoms with van der Waals surface area (Å²) < 4.78 is 5.41. The van der Waals surface area contributed by atoms with Crippen LogP contribution in [0.1, 0.15) is 6.42 Å². The number of thiophene rings is 1. The Morgan fingerprint density at radius 1 is 1.41 bits per heavy atom. The van der Waals surface area contributed by atoms with E-state index in [9.17, 15) is 0 Å². The molecule has 0 radical (unpaired) electrons. The molecule has 2 rings (SSSR count). The fourth-order valence-electron chi connectivity index (χ4n) is 1.44. The number of ether oxygens (including phenoxy) is 1. The summed E-state index contributed by atoms with van der Waals surface area (Å²) in [5.74, 6) is 0.878. The van der Waals surface area contributed by atoms with Gasteiger partial charge in [-0.25, -0.2) is 9.97 Å². The molecule has 1 N–H and O–H groups in total. The van der Waals surface area contributed by atoms with Crippen molar-refractivity contribution < 1.29 is 4.74 Å². The number of fused-ring (bicyclic) bond motifs is 1. The van der Waals surface area contributed by atoms with Gasteiger partial charge >= 0.3 is 0 Å². The average molecular weight is 249 g/mol. The zero-order valence-corrected chi connectivity index (χ0v) is 10.4. The van der Waals surface area contributed by atoms with Gasteiger partial charge in [-0.1, -0.05) is 6.08 Å². The lowest BCUT2D eigenvalue weighted by atomic mass is 10.4. The summed E-state index contributed by atoms with van der Waals surface area (Å²) in [4.78, 5) is 9.43. The zero-order chi connectivity index (χ0) is 11.9. The van der Waals surface area contributed by atoms with Crippen molar-refractivity contribution in [1.29, 1.82) is 0 Å². The number of rotatable bonds is 7. The van der Waals surface area contributed by atoms with Crippen LogP contribution in [0, 0.1) is 0 Å². The van der Waals surface area contributed by atoms with Crippen molar-refractivity contribution in [2.45, 2.75) is 6.42 Å². The van der Waals surface area contributed by atoms with Gasteiger partial charge in [0.2, 0.25) is 0 Å². The van der Waals surface area contributed by atoms with Crippen LogP contribution in [0.2, 0.25) is 0 Å². The van der Waals surface area contributed by atoms with Crippen molar-refractivity contribution in [3.05, 3.63) is 30.4 Å². The fourth-order valence-corrected chi connectivity index (χ4v) is 2.17. The standard InChI is InChI=1S/C12H15N3OS/c1-2-3-6-16-7-5-13-11-10-4-8-17-12(10)15-9-14-11/h2,4,8-9H,1,3,5-7H2,(H,13,14,15). The van der Waals surface area contributed by atoms with E-state index in [4.69, 9.17) is 4.74 Å². The van der Waals surface area contributed by atoms with Crippen molar-refractivity contribution in [2.75, 3.05) is 25.1 Å². The summed E-state index contributed by atoms with van der Waals surface area (Å²) in [6.07, 6.45) is 4.33. The highest BCUT2D eigenvalue weighted by Crippen LogP contribution is 2.23. The Kier molecular flexibility index (Phi) is 4.46. The molecule has 2 aromatic rings. The molecule has 0 aromatic carbocycles. The molecule has 4 nitrogen and oxygen atoms in total. The van der Waals surface area contributed by atoms with E-state index in [0.717, 1.165) is 35.6 Å². The maximum atomic E-state index is 5.41. The predicted molar refractivity (Wildman–Crippen MR) is 71.5 cm³/mol. The van der Waals surface area contributed by atoms with Crippen LogP contribution in [0.5, 0.6) is 0 Å². The second kappa shape index (κ2) is 6.32. The van der Waals surface area contributed by atoms with Crippen molar-refractivity contribution in [2.24, 2.45) is 0 Å². The molecule has 0 atom stereocenters. The maximum absolute atomic E-state index is 5.41. The van der Waals surface area contributed by atoms with Gasteiger partial charge in [0.05, 0.1) is 18.6 Å². The first kappa shape index (κ1) is 12.0. The van der Waals surface area contributed by atoms with Crippen LogP contribution in [0.15, 0.2) is 30.4 Å². The molecule has 0 amide bonds. The first-order valence-corrected chi connectivity index (χ1v) is 6.40. The third kappa shape index (κ3) is 3.25. The molecule has 0 saturated carbocycles. The van der Waals surface area contributed by atoms with Crippen molar-refractivity contribution >= 4 is 27.4 Å². The van der Waals surface area contributed by atoms with E-state index in [2.05, 4.69) is 21.9 Å². The molecule has 0 bridgehead atoms. The quantitative estimate of drug-likeness (QED) is 0.605. The number of anilines is 1. The molecule has 0 aliphatic heterocycles. The van der Waals surface area contributed by atoms with Crippen LogP contribution in [0.4, 0.5) is 5.82 Å². The van der Waals surface area contributed by atoms with Gasteiger partial charge in [0, 0.05) is 6.54 Å². The number of aromatic nitrogens is 2. The minimum Gasteiger partial charge on any atom is -0.379 e. The highest BCUT2D eigenvalue weighted by atomic mass is 32.1. The Morgan fingerprint density at radius 2 is 2.35 bits per heavy atom. The topological polar surface area (TPSA) is 47.0 Å². The van der Waals surface area contributed by atoms with E-state index < -0.39 is 0 Å². The normalized spacial score (nSPS) is 10.6. The molecule has 0 saturated heterocycles. The summed E-state index contributed by atoms with van der Waals surface area (Å²) in [5, 5.41) is 6.35. The predicted octanol–water partition coefficient (Wildman–Crippen LogP) is 2.70. The van der Waals surface area contributed by atoms with Gasteiger partial charge in [0.15, 0.2) is 0 Å². The molecule has 90 valence electrons. The second-order valence-electron chi connectivity index (χ2n) is 3.48. The van der Waals surface area contributed by atoms with Crippen LogP contribution < -0.4 is 5.32 Å². The second-order valence-corrected chi connectivity index (χ2v) is 4.37. The summed E-state index contributed by atoms with van der Waals surface area (Å²) >= 11 is 1.62. The van der Waals surface area contributed by atoms with E-state index in [-0.39, 0.29) is 0 Å². The smallest absolute Gasteiger partial charge is 0.138 e. The third-order valence-corrected chi connectivity index (χ3v) is 3.09. The Bertz CT molecular complexity index is 483. The summed E-state index contributed by atoms with van der Waals surface area (Å²) in [6, 6.07) is 2.03. The van der Waals surface area contributed by atoms with E-state index in [1.807, 2.05) is 17.5 Å². The first-order chi connectivity index (χ1) is 8.42. The van der Waals surface area contributed by atoms with Crippen molar-refractivity contribution in [1.82, 2.24) is 9.97 Å². The van der Waals surface area contributed by atoms with Crippen LogP contribution >= 0.6 is 11.3 Å². The fraction of sp³-hybridized carbons (Fsp3) is 0.333. The Morgan fingerprint density at radius 3 is 3.24 bits per heavy atom. The van der Waals surface area contributed by atoms with Crippen molar-refractivity contribution in [3.8, 4) is 0 Å². The molecule has 2 heterocycles. The zero-order valence-electron chi connectivity index (χ0n) is 9.56. The molecule has 0 spiro atoms. The number of nitrogens with zero attached hydrogens (tertiary/aromatic N) is 2. The first-order valence-electron chi connectivity index (χ1n) is 5.52. The summed E-state index contributed by atoms with van der Waals surface area (Å²) in [6.45, 7) is 5.79. The molecule has 5 heteroatoms. The largest absolute Gasteiger partial charge is 0.379 e. The van der Waals surface area contributed by atoms with E-state index >= 15 is 0 Å². The molecule has 0 fully saturated rings. The minimum atomic E-state index is 0.670. The van der Waals surface area contributed by atoms with Gasteiger partial charge < -0.3 is 10.1 Å². The summed E-state index contributed by atoms with van der Waals surface area (Å²) in [7, 11) is 0. The molecule has 0 aliphatic carbocycles. The highest BCUT2D eigenvalue weighted by Gasteiger charge is 2.03. The lowest BCUT2D eigenvalue weighted by molar-refractivity contribution is 0.149. The van der Waals surface area contributed by atoms with Crippen LogP contribution in [-0.2, 0) is 4.74 Å². The Hall–Kier alpha value is -1.46. The monoisotopic (exact) mass is 249 g/mol. The molecular weight excluding hydrogens is 234 g/mol. The van der Waals surface area contributed by atoms with Crippen LogP contribution in [-0.4, -0.2) is 29.7 Å². The van der Waals surface area contributed by atoms with Gasteiger partial charge in [-0.3, -0.25) is 0 Å². The Labute approximate surface area is 104 Å². The Balaban J connectivity index is 1.82. The van der Waals surface area contributed by atoms with E-state index in [1.165, 1.54) is 0 Å². The molecule has 17 heavy (non-hydrogen) atoms. The lowest BCUT2D eigenvalue weighted by Gasteiger charge is -2.06. The van der Waals surface area contributed by atoms with Crippen LogP contribution in [0.3, 0.4) is 0 Å². The van der Waals surface area contributed by atoms with E-state index in [0.29, 0.717) is 6.61 Å². The highest BCUT2D eigenvalue weighted by molar-refractivity contribution is 7.16. The number of nitrogens with one attached hydrogen (secondary N) is 1. The number of hydrogen-bond donors (Lipinski definition) is 1. The number of hydrogen-bond acceptors (Lipinski definition) is 5. The van der Waals surface area contributed by atoms with Gasteiger partial charge in [0.1, 0.15) is 17.0 Å². The van der Waals surface area contributed by atoms with Gasteiger partial charge in [-0.2, -0.15) is 0 Å². The third-order valence-electron chi connectivity index (χ3n) is 2.27. The van der Waals surface area contributed by atoms with Gasteiger partial charge in [-0.05, 0) is 17.9 Å². The molecule has 0 aliphatic rings. The average Bonchev–Trinajstić information content (AvgIpc) is 2.82. The molecular formula is C12H15N3OS.